The average molecular weight is 268 g/mol. The first kappa shape index (κ1) is 15.2. The maximum Gasteiger partial charge on any atom is 0.276 e. The summed E-state index contributed by atoms with van der Waals surface area (Å²) in [6, 6.07) is 2.60. The summed E-state index contributed by atoms with van der Waals surface area (Å²) in [5, 5.41) is 13.7. The zero-order valence-corrected chi connectivity index (χ0v) is 11.1. The molecule has 0 unspecified atom stereocenters. The van der Waals surface area contributed by atoms with Gasteiger partial charge in [-0.05, 0) is 12.8 Å². The Hall–Kier alpha value is -1.89. The van der Waals surface area contributed by atoms with Gasteiger partial charge in [0.25, 0.3) is 5.69 Å². The van der Waals surface area contributed by atoms with Crippen molar-refractivity contribution in [1.82, 2.24) is 4.98 Å². The lowest BCUT2D eigenvalue weighted by Crippen LogP contribution is -2.08. The van der Waals surface area contributed by atoms with Crippen molar-refractivity contribution in [2.45, 2.75) is 26.2 Å². The molecule has 0 saturated heterocycles. The summed E-state index contributed by atoms with van der Waals surface area (Å²) in [5.74, 6) is 0.552. The number of rotatable bonds is 9. The van der Waals surface area contributed by atoms with E-state index in [1.807, 2.05) is 0 Å². The second-order valence-electron chi connectivity index (χ2n) is 4.14. The molecule has 0 fully saturated rings. The van der Waals surface area contributed by atoms with E-state index in [1.165, 1.54) is 12.1 Å². The second kappa shape index (κ2) is 8.25. The minimum Gasteiger partial charge on any atom is -0.383 e. The summed E-state index contributed by atoms with van der Waals surface area (Å²) >= 11 is 0. The van der Waals surface area contributed by atoms with E-state index < -0.39 is 4.92 Å². The maximum atomic E-state index is 10.7. The SMILES string of the molecule is CCCCOCCCNc1cc([N+](=O)[O-])cc(N)n1. The second-order valence-corrected chi connectivity index (χ2v) is 4.14. The standard InChI is InChI=1S/C12H20N4O3/c1-2-3-6-19-7-4-5-14-12-9-10(16(17)18)8-11(13)15-12/h8-9H,2-7H2,1H3,(H3,13,14,15). The Morgan fingerprint density at radius 3 is 2.84 bits per heavy atom. The number of anilines is 2. The van der Waals surface area contributed by atoms with E-state index in [0.717, 1.165) is 25.9 Å². The number of hydrogen-bond donors (Lipinski definition) is 2. The van der Waals surface area contributed by atoms with E-state index in [2.05, 4.69) is 17.2 Å². The van der Waals surface area contributed by atoms with Crippen LogP contribution in [0.15, 0.2) is 12.1 Å². The van der Waals surface area contributed by atoms with E-state index >= 15 is 0 Å². The van der Waals surface area contributed by atoms with Crippen molar-refractivity contribution >= 4 is 17.3 Å². The smallest absolute Gasteiger partial charge is 0.276 e. The van der Waals surface area contributed by atoms with Crippen LogP contribution in [-0.2, 0) is 4.74 Å². The van der Waals surface area contributed by atoms with E-state index in [1.54, 1.807) is 0 Å². The van der Waals surface area contributed by atoms with Gasteiger partial charge in [0.1, 0.15) is 11.6 Å². The molecule has 0 saturated carbocycles. The van der Waals surface area contributed by atoms with Gasteiger partial charge in [0, 0.05) is 19.8 Å². The molecule has 0 spiro atoms. The molecule has 0 aliphatic heterocycles. The lowest BCUT2D eigenvalue weighted by atomic mass is 10.3. The summed E-state index contributed by atoms with van der Waals surface area (Å²) in [5.41, 5.74) is 5.44. The fraction of sp³-hybridized carbons (Fsp3) is 0.583. The largest absolute Gasteiger partial charge is 0.383 e. The third-order valence-electron chi connectivity index (χ3n) is 2.45. The Bertz CT molecular complexity index is 412. The molecule has 0 radical (unpaired) electrons. The van der Waals surface area contributed by atoms with Gasteiger partial charge in [0.05, 0.1) is 17.1 Å². The molecule has 0 bridgehead atoms. The molecule has 3 N–H and O–H groups in total. The third-order valence-corrected chi connectivity index (χ3v) is 2.45. The number of hydrogen-bond acceptors (Lipinski definition) is 6. The van der Waals surface area contributed by atoms with Crippen molar-refractivity contribution in [2.75, 3.05) is 30.8 Å². The highest BCUT2D eigenvalue weighted by Gasteiger charge is 2.09. The molecule has 1 aromatic rings. The Labute approximate surface area is 112 Å². The van der Waals surface area contributed by atoms with Crippen molar-refractivity contribution in [3.63, 3.8) is 0 Å². The molecule has 19 heavy (non-hydrogen) atoms. The molecule has 106 valence electrons. The Morgan fingerprint density at radius 2 is 2.16 bits per heavy atom. The highest BCUT2D eigenvalue weighted by molar-refractivity contribution is 5.52. The normalized spacial score (nSPS) is 10.4. The molecule has 0 amide bonds. The molecule has 1 heterocycles. The van der Waals surface area contributed by atoms with Gasteiger partial charge in [-0.15, -0.1) is 0 Å². The first-order valence-corrected chi connectivity index (χ1v) is 6.37. The number of unbranched alkanes of at least 4 members (excludes halogenated alkanes) is 1. The van der Waals surface area contributed by atoms with Crippen LogP contribution in [0.5, 0.6) is 0 Å². The lowest BCUT2D eigenvalue weighted by Gasteiger charge is -2.07. The number of nitro groups is 1. The van der Waals surface area contributed by atoms with Crippen LogP contribution < -0.4 is 11.1 Å². The monoisotopic (exact) mass is 268 g/mol. The molecule has 7 heteroatoms. The van der Waals surface area contributed by atoms with Crippen LogP contribution in [0.4, 0.5) is 17.3 Å². The van der Waals surface area contributed by atoms with Crippen molar-refractivity contribution in [3.8, 4) is 0 Å². The molecule has 0 atom stereocenters. The van der Waals surface area contributed by atoms with Gasteiger partial charge >= 0.3 is 0 Å². The fourth-order valence-electron chi connectivity index (χ4n) is 1.47. The maximum absolute atomic E-state index is 10.7. The minimum atomic E-state index is -0.489. The highest BCUT2D eigenvalue weighted by Crippen LogP contribution is 2.18. The van der Waals surface area contributed by atoms with Crippen molar-refractivity contribution < 1.29 is 9.66 Å². The molecule has 1 rings (SSSR count). The van der Waals surface area contributed by atoms with Gasteiger partial charge < -0.3 is 15.8 Å². The number of pyridine rings is 1. The van der Waals surface area contributed by atoms with Crippen LogP contribution in [0.3, 0.4) is 0 Å². The van der Waals surface area contributed by atoms with Gasteiger partial charge in [0.15, 0.2) is 0 Å². The number of ether oxygens (including phenoxy) is 1. The molecular formula is C12H20N4O3. The van der Waals surface area contributed by atoms with Gasteiger partial charge in [-0.25, -0.2) is 4.98 Å². The fourth-order valence-corrected chi connectivity index (χ4v) is 1.47. The van der Waals surface area contributed by atoms with Crippen molar-refractivity contribution in [3.05, 3.63) is 22.2 Å². The molecule has 0 aliphatic rings. The summed E-state index contributed by atoms with van der Waals surface area (Å²) in [6.07, 6.45) is 3.00. The van der Waals surface area contributed by atoms with Crippen LogP contribution in [0, 0.1) is 10.1 Å². The van der Waals surface area contributed by atoms with Gasteiger partial charge in [0.2, 0.25) is 0 Å². The van der Waals surface area contributed by atoms with Crippen LogP contribution in [-0.4, -0.2) is 29.7 Å². The zero-order valence-electron chi connectivity index (χ0n) is 11.1. The number of nitrogens with zero attached hydrogens (tertiary/aromatic N) is 2. The van der Waals surface area contributed by atoms with Crippen molar-refractivity contribution in [1.29, 1.82) is 0 Å². The van der Waals surface area contributed by atoms with Crippen LogP contribution >= 0.6 is 0 Å². The molecular weight excluding hydrogens is 248 g/mol. The zero-order chi connectivity index (χ0) is 14.1. The highest BCUT2D eigenvalue weighted by atomic mass is 16.6. The van der Waals surface area contributed by atoms with Crippen LogP contribution in [0.1, 0.15) is 26.2 Å². The Kier molecular flexibility index (Phi) is 6.59. The van der Waals surface area contributed by atoms with E-state index in [-0.39, 0.29) is 11.5 Å². The summed E-state index contributed by atoms with van der Waals surface area (Å²) in [4.78, 5) is 14.2. The predicted molar refractivity (Wildman–Crippen MR) is 74.1 cm³/mol. The third kappa shape index (κ3) is 6.01. The number of nitrogen functional groups attached to an aromatic ring is 1. The Morgan fingerprint density at radius 1 is 1.42 bits per heavy atom. The number of aromatic nitrogens is 1. The first-order valence-electron chi connectivity index (χ1n) is 6.37. The first-order chi connectivity index (χ1) is 9.13. The van der Waals surface area contributed by atoms with Gasteiger partial charge in [-0.1, -0.05) is 13.3 Å². The van der Waals surface area contributed by atoms with Gasteiger partial charge in [-0.3, -0.25) is 10.1 Å². The minimum absolute atomic E-state index is 0.0609. The molecule has 0 aromatic carbocycles. The quantitative estimate of drug-likeness (QED) is 0.404. The van der Waals surface area contributed by atoms with E-state index in [0.29, 0.717) is 19.0 Å². The number of nitrogens with one attached hydrogen (secondary N) is 1. The van der Waals surface area contributed by atoms with Gasteiger partial charge in [-0.2, -0.15) is 0 Å². The molecule has 0 aliphatic carbocycles. The van der Waals surface area contributed by atoms with E-state index in [9.17, 15) is 10.1 Å². The summed E-state index contributed by atoms with van der Waals surface area (Å²) in [7, 11) is 0. The average Bonchev–Trinajstić information content (AvgIpc) is 2.37. The van der Waals surface area contributed by atoms with Crippen molar-refractivity contribution in [2.24, 2.45) is 0 Å². The van der Waals surface area contributed by atoms with E-state index in [4.69, 9.17) is 10.5 Å². The topological polar surface area (TPSA) is 103 Å². The van der Waals surface area contributed by atoms with Crippen LogP contribution in [0.25, 0.3) is 0 Å². The lowest BCUT2D eigenvalue weighted by molar-refractivity contribution is -0.384. The molecule has 1 aromatic heterocycles. The number of nitrogens with two attached hydrogens (primary N) is 1. The van der Waals surface area contributed by atoms with Crippen LogP contribution in [0.2, 0.25) is 0 Å². The summed E-state index contributed by atoms with van der Waals surface area (Å²) < 4.78 is 5.40. The Balaban J connectivity index is 2.31. The molecule has 7 nitrogen and oxygen atoms in total. The summed E-state index contributed by atoms with van der Waals surface area (Å²) in [6.45, 7) is 4.19. The predicted octanol–water partition coefficient (Wildman–Crippen LogP) is 2.19.